The van der Waals surface area contributed by atoms with Gasteiger partial charge in [-0.15, -0.1) is 0 Å². The number of rotatable bonds is 3. The molecule has 0 bridgehead atoms. The van der Waals surface area contributed by atoms with Crippen LogP contribution in [0.1, 0.15) is 31.9 Å². The Balaban J connectivity index is 1.79. The highest BCUT2D eigenvalue weighted by molar-refractivity contribution is 5.81. The summed E-state index contributed by atoms with van der Waals surface area (Å²) in [4.78, 5) is 11.8. The summed E-state index contributed by atoms with van der Waals surface area (Å²) in [5, 5.41) is 6.18. The average molecular weight is 222 g/mol. The molecular weight excluding hydrogens is 204 g/mol. The van der Waals surface area contributed by atoms with Crippen LogP contribution in [0.4, 0.5) is 0 Å². The van der Waals surface area contributed by atoms with Crippen LogP contribution in [0.5, 0.6) is 0 Å². The third kappa shape index (κ3) is 2.85. The van der Waals surface area contributed by atoms with Gasteiger partial charge < -0.3 is 15.1 Å². The highest BCUT2D eigenvalue weighted by Crippen LogP contribution is 2.12. The molecule has 1 fully saturated rings. The van der Waals surface area contributed by atoms with Crippen molar-refractivity contribution in [1.29, 1.82) is 0 Å². The lowest BCUT2D eigenvalue weighted by atomic mass is 9.99. The van der Waals surface area contributed by atoms with Crippen LogP contribution >= 0.6 is 0 Å². The highest BCUT2D eigenvalue weighted by atomic mass is 16.3. The molecule has 1 aromatic heterocycles. The van der Waals surface area contributed by atoms with Crippen LogP contribution in [0.3, 0.4) is 0 Å². The molecule has 1 saturated heterocycles. The van der Waals surface area contributed by atoms with Crippen molar-refractivity contribution in [3.63, 3.8) is 0 Å². The van der Waals surface area contributed by atoms with Crippen molar-refractivity contribution < 1.29 is 9.21 Å². The summed E-state index contributed by atoms with van der Waals surface area (Å²) in [5.41, 5.74) is 0. The van der Waals surface area contributed by atoms with E-state index >= 15 is 0 Å². The van der Waals surface area contributed by atoms with Crippen LogP contribution in [0.2, 0.25) is 0 Å². The zero-order valence-corrected chi connectivity index (χ0v) is 9.53. The van der Waals surface area contributed by atoms with Gasteiger partial charge in [0.05, 0.1) is 18.8 Å². The summed E-state index contributed by atoms with van der Waals surface area (Å²) < 4.78 is 5.16. The molecule has 1 aliphatic rings. The summed E-state index contributed by atoms with van der Waals surface area (Å²) in [6, 6.07) is 4.08. The highest BCUT2D eigenvalue weighted by Gasteiger charge is 2.23. The summed E-state index contributed by atoms with van der Waals surface area (Å²) in [6.45, 7) is 2.59. The third-order valence-electron chi connectivity index (χ3n) is 2.95. The minimum Gasteiger partial charge on any atom is -0.467 e. The van der Waals surface area contributed by atoms with Crippen LogP contribution < -0.4 is 10.6 Å². The molecule has 1 amide bonds. The number of nitrogens with one attached hydrogen (secondary N) is 2. The van der Waals surface area contributed by atoms with Gasteiger partial charge in [0.2, 0.25) is 5.91 Å². The van der Waals surface area contributed by atoms with Crippen LogP contribution in [-0.4, -0.2) is 18.0 Å². The van der Waals surface area contributed by atoms with Crippen LogP contribution in [0.15, 0.2) is 22.8 Å². The number of amides is 1. The number of piperidine rings is 1. The van der Waals surface area contributed by atoms with E-state index in [-0.39, 0.29) is 11.9 Å². The first-order valence-electron chi connectivity index (χ1n) is 5.82. The fourth-order valence-corrected chi connectivity index (χ4v) is 2.06. The van der Waals surface area contributed by atoms with Crippen molar-refractivity contribution >= 4 is 5.91 Å². The number of furan rings is 1. The lowest BCUT2D eigenvalue weighted by Crippen LogP contribution is -2.49. The van der Waals surface area contributed by atoms with Crippen LogP contribution in [-0.2, 0) is 11.3 Å². The molecule has 2 N–H and O–H groups in total. The van der Waals surface area contributed by atoms with Gasteiger partial charge in [-0.1, -0.05) is 0 Å². The number of carbonyl (C=O) groups is 1. The molecule has 0 radical (unpaired) electrons. The Hall–Kier alpha value is -1.29. The predicted molar refractivity (Wildman–Crippen MR) is 60.8 cm³/mol. The summed E-state index contributed by atoms with van der Waals surface area (Å²) in [7, 11) is 0. The van der Waals surface area contributed by atoms with E-state index < -0.39 is 0 Å². The van der Waals surface area contributed by atoms with E-state index in [1.165, 1.54) is 0 Å². The average Bonchev–Trinajstić information content (AvgIpc) is 2.78. The van der Waals surface area contributed by atoms with Gasteiger partial charge in [0.1, 0.15) is 5.76 Å². The molecule has 2 unspecified atom stereocenters. The van der Waals surface area contributed by atoms with Gasteiger partial charge in [0, 0.05) is 6.04 Å². The minimum atomic E-state index is -0.0429. The summed E-state index contributed by atoms with van der Waals surface area (Å²) in [6.07, 6.45) is 4.81. The maximum atomic E-state index is 11.8. The second-order valence-corrected chi connectivity index (χ2v) is 4.35. The normalized spacial score (nSPS) is 25.3. The van der Waals surface area contributed by atoms with E-state index in [1.54, 1.807) is 6.26 Å². The standard InChI is InChI=1S/C12H18N2O2/c1-9-4-2-6-11(14-9)12(15)13-8-10-5-3-7-16-10/h3,5,7,9,11,14H,2,4,6,8H2,1H3,(H,13,15). The second kappa shape index (κ2) is 5.16. The molecule has 2 atom stereocenters. The Morgan fingerprint density at radius 2 is 2.50 bits per heavy atom. The summed E-state index contributed by atoms with van der Waals surface area (Å²) in [5.74, 6) is 0.861. The number of carbonyl (C=O) groups excluding carboxylic acids is 1. The topological polar surface area (TPSA) is 54.3 Å². The Labute approximate surface area is 95.4 Å². The van der Waals surface area contributed by atoms with Crippen molar-refractivity contribution in [3.05, 3.63) is 24.2 Å². The lowest BCUT2D eigenvalue weighted by molar-refractivity contribution is -0.124. The van der Waals surface area contributed by atoms with Gasteiger partial charge in [-0.3, -0.25) is 4.79 Å². The van der Waals surface area contributed by atoms with Crippen molar-refractivity contribution in [2.75, 3.05) is 0 Å². The van der Waals surface area contributed by atoms with Crippen molar-refractivity contribution in [2.24, 2.45) is 0 Å². The molecule has 2 rings (SSSR count). The SMILES string of the molecule is CC1CCCC(C(=O)NCc2ccco2)N1. The fourth-order valence-electron chi connectivity index (χ4n) is 2.06. The zero-order chi connectivity index (χ0) is 11.4. The van der Waals surface area contributed by atoms with Crippen molar-refractivity contribution in [3.8, 4) is 0 Å². The van der Waals surface area contributed by atoms with Gasteiger partial charge >= 0.3 is 0 Å². The lowest BCUT2D eigenvalue weighted by Gasteiger charge is -2.27. The first kappa shape index (κ1) is 11.2. The molecule has 4 heteroatoms. The molecule has 4 nitrogen and oxygen atoms in total. The van der Waals surface area contributed by atoms with Gasteiger partial charge in [-0.05, 0) is 38.3 Å². The maximum absolute atomic E-state index is 11.8. The molecule has 1 aliphatic heterocycles. The van der Waals surface area contributed by atoms with Gasteiger partial charge in [0.15, 0.2) is 0 Å². The molecule has 88 valence electrons. The monoisotopic (exact) mass is 222 g/mol. The third-order valence-corrected chi connectivity index (χ3v) is 2.95. The number of hydrogen-bond donors (Lipinski definition) is 2. The van der Waals surface area contributed by atoms with E-state index in [2.05, 4.69) is 17.6 Å². The van der Waals surface area contributed by atoms with Crippen LogP contribution in [0.25, 0.3) is 0 Å². The van der Waals surface area contributed by atoms with Gasteiger partial charge in [-0.25, -0.2) is 0 Å². The predicted octanol–water partition coefficient (Wildman–Crippen LogP) is 1.43. The largest absolute Gasteiger partial charge is 0.467 e. The molecular formula is C12H18N2O2. The second-order valence-electron chi connectivity index (χ2n) is 4.35. The number of hydrogen-bond acceptors (Lipinski definition) is 3. The molecule has 16 heavy (non-hydrogen) atoms. The van der Waals surface area contributed by atoms with Gasteiger partial charge in [0.25, 0.3) is 0 Å². The van der Waals surface area contributed by atoms with E-state index in [0.717, 1.165) is 25.0 Å². The Kier molecular flexibility index (Phi) is 3.62. The first-order valence-corrected chi connectivity index (χ1v) is 5.82. The Morgan fingerprint density at radius 1 is 1.62 bits per heavy atom. The minimum absolute atomic E-state index is 0.0429. The fraction of sp³-hybridized carbons (Fsp3) is 0.583. The Morgan fingerprint density at radius 3 is 3.19 bits per heavy atom. The first-order chi connectivity index (χ1) is 7.75. The molecule has 1 aromatic rings. The quantitative estimate of drug-likeness (QED) is 0.813. The Bertz CT molecular complexity index is 335. The molecule has 0 aromatic carbocycles. The van der Waals surface area contributed by atoms with E-state index in [1.807, 2.05) is 12.1 Å². The maximum Gasteiger partial charge on any atom is 0.237 e. The summed E-state index contributed by atoms with van der Waals surface area (Å²) >= 11 is 0. The van der Waals surface area contributed by atoms with E-state index in [0.29, 0.717) is 12.6 Å². The van der Waals surface area contributed by atoms with E-state index in [4.69, 9.17) is 4.42 Å². The van der Waals surface area contributed by atoms with Crippen molar-refractivity contribution in [2.45, 2.75) is 44.8 Å². The van der Waals surface area contributed by atoms with E-state index in [9.17, 15) is 4.79 Å². The molecule has 0 saturated carbocycles. The zero-order valence-electron chi connectivity index (χ0n) is 9.53. The molecule has 0 spiro atoms. The molecule has 2 heterocycles. The molecule has 0 aliphatic carbocycles. The smallest absolute Gasteiger partial charge is 0.237 e. The van der Waals surface area contributed by atoms with Crippen molar-refractivity contribution in [1.82, 2.24) is 10.6 Å². The van der Waals surface area contributed by atoms with Gasteiger partial charge in [-0.2, -0.15) is 0 Å². The van der Waals surface area contributed by atoms with Crippen LogP contribution in [0, 0.1) is 0 Å².